The number of nitrogens with zero attached hydrogens (tertiary/aromatic N) is 2. The second-order valence-electron chi connectivity index (χ2n) is 7.44. The number of carbonyl (C=O) groups is 1. The zero-order chi connectivity index (χ0) is 24.2. The Hall–Kier alpha value is -2.69. The van der Waals surface area contributed by atoms with E-state index in [0.717, 1.165) is 5.41 Å². The summed E-state index contributed by atoms with van der Waals surface area (Å²) in [5.41, 5.74) is 0.759. The van der Waals surface area contributed by atoms with Crippen molar-refractivity contribution in [1.29, 1.82) is 0 Å². The molecule has 2 aromatic carbocycles. The fraction of sp³-hybridized carbons (Fsp3) is 0.348. The van der Waals surface area contributed by atoms with Crippen LogP contribution in [0.4, 0.5) is 5.69 Å². The maximum Gasteiger partial charge on any atom is 0.258 e. The second-order valence-corrected chi connectivity index (χ2v) is 11.3. The molecule has 0 radical (unpaired) electrons. The Morgan fingerprint density at radius 3 is 2.09 bits per heavy atom. The molecule has 0 fully saturated rings. The third-order valence-corrected chi connectivity index (χ3v) is 8.77. The van der Waals surface area contributed by atoms with E-state index in [0.29, 0.717) is 31.1 Å². The van der Waals surface area contributed by atoms with E-state index in [2.05, 4.69) is 0 Å². The van der Waals surface area contributed by atoms with Crippen molar-refractivity contribution in [2.75, 3.05) is 30.3 Å². The van der Waals surface area contributed by atoms with Crippen LogP contribution in [0.5, 0.6) is 5.75 Å². The Kier molecular flexibility index (Phi) is 7.61. The van der Waals surface area contributed by atoms with Crippen molar-refractivity contribution in [2.45, 2.75) is 31.7 Å². The van der Waals surface area contributed by atoms with Crippen molar-refractivity contribution in [1.82, 2.24) is 4.31 Å². The molecule has 1 aliphatic rings. The van der Waals surface area contributed by atoms with E-state index in [1.54, 1.807) is 38.1 Å². The Morgan fingerprint density at radius 1 is 1.00 bits per heavy atom. The van der Waals surface area contributed by atoms with E-state index in [9.17, 15) is 21.6 Å². The van der Waals surface area contributed by atoms with Gasteiger partial charge in [-0.05, 0) is 61.5 Å². The SMILES string of the molecule is CCOc1ccc(N(C(=O)c2ccc(S(=O)(=O)N(CC)CC)cc2)[C@@H]2C=CS(=O)(=O)C2)cc1. The van der Waals surface area contributed by atoms with Gasteiger partial charge in [0.15, 0.2) is 9.84 Å². The van der Waals surface area contributed by atoms with E-state index in [-0.39, 0.29) is 16.2 Å². The quantitative estimate of drug-likeness (QED) is 0.533. The zero-order valence-electron chi connectivity index (χ0n) is 18.8. The van der Waals surface area contributed by atoms with Gasteiger partial charge in [-0.3, -0.25) is 4.79 Å². The highest BCUT2D eigenvalue weighted by Gasteiger charge is 2.32. The van der Waals surface area contributed by atoms with Gasteiger partial charge in [0.25, 0.3) is 5.91 Å². The first kappa shape index (κ1) is 24.9. The van der Waals surface area contributed by atoms with Gasteiger partial charge in [-0.1, -0.05) is 13.8 Å². The minimum absolute atomic E-state index is 0.0960. The molecule has 3 rings (SSSR count). The molecule has 0 saturated heterocycles. The lowest BCUT2D eigenvalue weighted by Crippen LogP contribution is -2.41. The largest absolute Gasteiger partial charge is 0.494 e. The molecule has 0 N–H and O–H groups in total. The van der Waals surface area contributed by atoms with Gasteiger partial charge in [-0.15, -0.1) is 0 Å². The summed E-state index contributed by atoms with van der Waals surface area (Å²) >= 11 is 0. The van der Waals surface area contributed by atoms with E-state index >= 15 is 0 Å². The van der Waals surface area contributed by atoms with Crippen LogP contribution in [-0.2, 0) is 19.9 Å². The molecule has 2 aromatic rings. The van der Waals surface area contributed by atoms with Gasteiger partial charge >= 0.3 is 0 Å². The van der Waals surface area contributed by atoms with Crippen molar-refractivity contribution >= 4 is 31.5 Å². The number of rotatable bonds is 9. The third-order valence-electron chi connectivity index (χ3n) is 5.33. The number of sulfonamides is 1. The van der Waals surface area contributed by atoms with Crippen LogP contribution in [0.2, 0.25) is 0 Å². The van der Waals surface area contributed by atoms with Crippen LogP contribution >= 0.6 is 0 Å². The van der Waals surface area contributed by atoms with Crippen molar-refractivity contribution in [3.63, 3.8) is 0 Å². The summed E-state index contributed by atoms with van der Waals surface area (Å²) in [6.45, 7) is 6.56. The first-order chi connectivity index (χ1) is 15.6. The molecule has 1 heterocycles. The summed E-state index contributed by atoms with van der Waals surface area (Å²) in [6, 6.07) is 11.8. The zero-order valence-corrected chi connectivity index (χ0v) is 20.5. The number of carbonyl (C=O) groups excluding carboxylic acids is 1. The standard InChI is InChI=1S/C23H28N2O6S2/c1-4-24(5-2)33(29,30)22-13-7-18(8-14-22)23(26)25(20-15-16-32(27,28)17-20)19-9-11-21(12-10-19)31-6-3/h7-16,20H,4-6,17H2,1-3H3/t20-/m1/s1. The van der Waals surface area contributed by atoms with Gasteiger partial charge in [0.05, 0.1) is 23.3 Å². The van der Waals surface area contributed by atoms with Crippen LogP contribution < -0.4 is 9.64 Å². The van der Waals surface area contributed by atoms with Gasteiger partial charge in [0.2, 0.25) is 10.0 Å². The smallest absolute Gasteiger partial charge is 0.258 e. The van der Waals surface area contributed by atoms with Crippen LogP contribution in [0.25, 0.3) is 0 Å². The third kappa shape index (κ3) is 5.45. The van der Waals surface area contributed by atoms with Crippen LogP contribution in [0.1, 0.15) is 31.1 Å². The molecule has 8 nitrogen and oxygen atoms in total. The number of amides is 1. The highest BCUT2D eigenvalue weighted by molar-refractivity contribution is 7.94. The first-order valence-electron chi connectivity index (χ1n) is 10.7. The summed E-state index contributed by atoms with van der Waals surface area (Å²) in [7, 11) is -7.06. The normalized spacial score (nSPS) is 17.3. The Morgan fingerprint density at radius 2 is 1.61 bits per heavy atom. The molecule has 0 unspecified atom stereocenters. The summed E-state index contributed by atoms with van der Waals surface area (Å²) in [4.78, 5) is 15.0. The van der Waals surface area contributed by atoms with Crippen molar-refractivity contribution in [3.05, 3.63) is 65.6 Å². The van der Waals surface area contributed by atoms with Crippen LogP contribution in [0.15, 0.2) is 64.9 Å². The van der Waals surface area contributed by atoms with Crippen molar-refractivity contribution in [2.24, 2.45) is 0 Å². The summed E-state index contributed by atoms with van der Waals surface area (Å²) in [5.74, 6) is -0.0210. The summed E-state index contributed by atoms with van der Waals surface area (Å²) < 4.78 is 56.3. The number of benzene rings is 2. The van der Waals surface area contributed by atoms with Crippen molar-refractivity contribution < 1.29 is 26.4 Å². The molecule has 0 aromatic heterocycles. The highest BCUT2D eigenvalue weighted by atomic mass is 32.2. The maximum atomic E-state index is 13.5. The second kappa shape index (κ2) is 10.1. The van der Waals surface area contributed by atoms with Crippen molar-refractivity contribution in [3.8, 4) is 5.75 Å². The Bertz CT molecular complexity index is 1220. The van der Waals surface area contributed by atoms with Gasteiger partial charge < -0.3 is 9.64 Å². The van der Waals surface area contributed by atoms with Crippen LogP contribution in [0, 0.1) is 0 Å². The molecule has 1 amide bonds. The predicted octanol–water partition coefficient (Wildman–Crippen LogP) is 3.07. The average Bonchev–Trinajstić information content (AvgIpc) is 3.15. The topological polar surface area (TPSA) is 101 Å². The molecule has 178 valence electrons. The Balaban J connectivity index is 1.96. The number of sulfone groups is 1. The summed E-state index contributed by atoms with van der Waals surface area (Å²) in [6.07, 6.45) is 1.49. The summed E-state index contributed by atoms with van der Waals surface area (Å²) in [5, 5.41) is 1.12. The molecule has 33 heavy (non-hydrogen) atoms. The molecule has 10 heteroatoms. The lowest BCUT2D eigenvalue weighted by molar-refractivity contribution is 0.0983. The molecule has 0 spiro atoms. The lowest BCUT2D eigenvalue weighted by Gasteiger charge is -2.28. The van der Waals surface area contributed by atoms with Crippen LogP contribution in [0.3, 0.4) is 0 Å². The minimum Gasteiger partial charge on any atom is -0.494 e. The molecule has 0 aliphatic carbocycles. The van der Waals surface area contributed by atoms with E-state index in [1.165, 1.54) is 39.5 Å². The average molecular weight is 493 g/mol. The minimum atomic E-state index is -3.65. The molecule has 0 bridgehead atoms. The predicted molar refractivity (Wildman–Crippen MR) is 128 cm³/mol. The van der Waals surface area contributed by atoms with Crippen LogP contribution in [-0.4, -0.2) is 58.5 Å². The van der Waals surface area contributed by atoms with Gasteiger partial charge in [0.1, 0.15) is 5.75 Å². The number of ether oxygens (including phenoxy) is 1. The maximum absolute atomic E-state index is 13.5. The van der Waals surface area contributed by atoms with Gasteiger partial charge in [0, 0.05) is 29.7 Å². The Labute approximate surface area is 195 Å². The van der Waals surface area contributed by atoms with E-state index < -0.39 is 31.8 Å². The number of hydrogen-bond acceptors (Lipinski definition) is 6. The monoisotopic (exact) mass is 492 g/mol. The molecule has 1 atom stereocenters. The van der Waals surface area contributed by atoms with E-state index in [4.69, 9.17) is 4.74 Å². The lowest BCUT2D eigenvalue weighted by atomic mass is 10.1. The van der Waals surface area contributed by atoms with Gasteiger partial charge in [-0.2, -0.15) is 4.31 Å². The number of hydrogen-bond donors (Lipinski definition) is 0. The fourth-order valence-electron chi connectivity index (χ4n) is 3.67. The first-order valence-corrected chi connectivity index (χ1v) is 13.9. The molecule has 1 aliphatic heterocycles. The molecule has 0 saturated carbocycles. The fourth-order valence-corrected chi connectivity index (χ4v) is 6.40. The number of anilines is 1. The van der Waals surface area contributed by atoms with E-state index in [1.807, 2.05) is 6.92 Å². The molecular formula is C23H28N2O6S2. The highest BCUT2D eigenvalue weighted by Crippen LogP contribution is 2.27. The van der Waals surface area contributed by atoms with Gasteiger partial charge in [-0.25, -0.2) is 16.8 Å². The molecular weight excluding hydrogens is 464 g/mol.